The standard InChI is InChI=1S/C14H8BrF4NO/c15-10-6-5-8(14(17,18)19)7-9(10)13(21)20-12-4-2-1-3-11(12)16/h1-7H,(H,20,21). The summed E-state index contributed by atoms with van der Waals surface area (Å²) < 4.78 is 51.6. The lowest BCUT2D eigenvalue weighted by molar-refractivity contribution is -0.137. The van der Waals surface area contributed by atoms with E-state index in [0.29, 0.717) is 6.07 Å². The number of hydrogen-bond donors (Lipinski definition) is 1. The van der Waals surface area contributed by atoms with Gasteiger partial charge in [0.2, 0.25) is 0 Å². The first-order valence-electron chi connectivity index (χ1n) is 5.71. The van der Waals surface area contributed by atoms with Crippen molar-refractivity contribution in [2.75, 3.05) is 5.32 Å². The normalized spacial score (nSPS) is 11.3. The molecule has 1 N–H and O–H groups in total. The van der Waals surface area contributed by atoms with Crippen LogP contribution in [0.5, 0.6) is 0 Å². The molecule has 0 unspecified atom stereocenters. The Morgan fingerprint density at radius 1 is 1.10 bits per heavy atom. The van der Waals surface area contributed by atoms with Crippen molar-refractivity contribution in [3.63, 3.8) is 0 Å². The number of nitrogens with one attached hydrogen (secondary N) is 1. The minimum atomic E-state index is -4.56. The van der Waals surface area contributed by atoms with E-state index in [9.17, 15) is 22.4 Å². The molecule has 0 bridgehead atoms. The van der Waals surface area contributed by atoms with Gasteiger partial charge in [0.1, 0.15) is 5.82 Å². The second kappa shape index (κ2) is 5.85. The van der Waals surface area contributed by atoms with E-state index in [4.69, 9.17) is 0 Å². The average Bonchev–Trinajstić information content (AvgIpc) is 2.40. The summed E-state index contributed by atoms with van der Waals surface area (Å²) in [5, 5.41) is 2.23. The molecule has 1 amide bonds. The van der Waals surface area contributed by atoms with Crippen LogP contribution in [-0.4, -0.2) is 5.91 Å². The van der Waals surface area contributed by atoms with E-state index < -0.39 is 23.5 Å². The molecule has 0 saturated carbocycles. The summed E-state index contributed by atoms with van der Waals surface area (Å²) in [6, 6.07) is 8.07. The van der Waals surface area contributed by atoms with Crippen molar-refractivity contribution in [2.24, 2.45) is 0 Å². The molecule has 21 heavy (non-hydrogen) atoms. The molecule has 0 aromatic heterocycles. The van der Waals surface area contributed by atoms with E-state index >= 15 is 0 Å². The minimum Gasteiger partial charge on any atom is -0.319 e. The highest BCUT2D eigenvalue weighted by molar-refractivity contribution is 9.10. The lowest BCUT2D eigenvalue weighted by Gasteiger charge is -2.11. The maximum atomic E-state index is 13.4. The Balaban J connectivity index is 2.33. The van der Waals surface area contributed by atoms with Gasteiger partial charge in [-0.1, -0.05) is 12.1 Å². The molecule has 0 aliphatic heterocycles. The number of amides is 1. The number of hydrogen-bond acceptors (Lipinski definition) is 1. The summed E-state index contributed by atoms with van der Waals surface area (Å²) in [5.41, 5.74) is -1.29. The Kier molecular flexibility index (Phi) is 4.32. The van der Waals surface area contributed by atoms with Gasteiger partial charge in [0.25, 0.3) is 5.91 Å². The van der Waals surface area contributed by atoms with Crippen LogP contribution in [0.15, 0.2) is 46.9 Å². The number of para-hydroxylation sites is 1. The lowest BCUT2D eigenvalue weighted by Crippen LogP contribution is -2.15. The number of carbonyl (C=O) groups excluding carboxylic acids is 1. The molecule has 0 saturated heterocycles. The molecule has 0 spiro atoms. The van der Waals surface area contributed by atoms with Gasteiger partial charge >= 0.3 is 6.18 Å². The van der Waals surface area contributed by atoms with Crippen LogP contribution in [0.4, 0.5) is 23.2 Å². The predicted octanol–water partition coefficient (Wildman–Crippen LogP) is 4.86. The molecule has 2 rings (SSSR count). The van der Waals surface area contributed by atoms with Crippen molar-refractivity contribution in [1.29, 1.82) is 0 Å². The van der Waals surface area contributed by atoms with Gasteiger partial charge < -0.3 is 5.32 Å². The molecule has 0 atom stereocenters. The highest BCUT2D eigenvalue weighted by atomic mass is 79.9. The smallest absolute Gasteiger partial charge is 0.319 e. The van der Waals surface area contributed by atoms with Crippen molar-refractivity contribution >= 4 is 27.5 Å². The molecule has 7 heteroatoms. The van der Waals surface area contributed by atoms with Gasteiger partial charge in [-0.2, -0.15) is 13.2 Å². The first-order valence-corrected chi connectivity index (χ1v) is 6.51. The molecule has 0 heterocycles. The van der Waals surface area contributed by atoms with Crippen molar-refractivity contribution in [2.45, 2.75) is 6.18 Å². The summed E-state index contributed by atoms with van der Waals surface area (Å²) in [4.78, 5) is 12.0. The third kappa shape index (κ3) is 3.60. The van der Waals surface area contributed by atoms with Gasteiger partial charge in [-0.05, 0) is 46.3 Å². The number of halogens is 5. The maximum Gasteiger partial charge on any atom is 0.416 e. The van der Waals surface area contributed by atoms with Crippen LogP contribution in [0.3, 0.4) is 0 Å². The van der Waals surface area contributed by atoms with E-state index in [-0.39, 0.29) is 15.7 Å². The first-order chi connectivity index (χ1) is 9.79. The molecule has 0 radical (unpaired) electrons. The second-order valence-corrected chi connectivity index (χ2v) is 4.98. The van der Waals surface area contributed by atoms with Crippen LogP contribution in [-0.2, 0) is 6.18 Å². The Morgan fingerprint density at radius 3 is 2.38 bits per heavy atom. The molecule has 2 aromatic carbocycles. The average molecular weight is 362 g/mol. The number of alkyl halides is 3. The van der Waals surface area contributed by atoms with E-state index in [2.05, 4.69) is 21.2 Å². The van der Waals surface area contributed by atoms with Gasteiger partial charge in [-0.25, -0.2) is 4.39 Å². The highest BCUT2D eigenvalue weighted by Crippen LogP contribution is 2.32. The quantitative estimate of drug-likeness (QED) is 0.760. The van der Waals surface area contributed by atoms with E-state index in [0.717, 1.165) is 18.2 Å². The van der Waals surface area contributed by atoms with Crippen LogP contribution in [0.25, 0.3) is 0 Å². The summed E-state index contributed by atoms with van der Waals surface area (Å²) in [6.45, 7) is 0. The van der Waals surface area contributed by atoms with Crippen LogP contribution in [0.1, 0.15) is 15.9 Å². The summed E-state index contributed by atoms with van der Waals surface area (Å²) >= 11 is 3.01. The van der Waals surface area contributed by atoms with E-state index in [1.807, 2.05) is 0 Å². The minimum absolute atomic E-state index is 0.105. The summed E-state index contributed by atoms with van der Waals surface area (Å²) in [6.07, 6.45) is -4.56. The van der Waals surface area contributed by atoms with Crippen LogP contribution in [0, 0.1) is 5.82 Å². The number of carbonyl (C=O) groups is 1. The first kappa shape index (κ1) is 15.5. The lowest BCUT2D eigenvalue weighted by atomic mass is 10.1. The van der Waals surface area contributed by atoms with Crippen molar-refractivity contribution in [3.8, 4) is 0 Å². The number of rotatable bonds is 2. The molecule has 0 aliphatic rings. The summed E-state index contributed by atoms with van der Waals surface area (Å²) in [5.74, 6) is -1.51. The molecule has 0 fully saturated rings. The van der Waals surface area contributed by atoms with Crippen LogP contribution >= 0.6 is 15.9 Å². The van der Waals surface area contributed by atoms with Gasteiger partial charge in [-0.3, -0.25) is 4.79 Å². The largest absolute Gasteiger partial charge is 0.416 e. The van der Waals surface area contributed by atoms with Gasteiger partial charge in [0, 0.05) is 4.47 Å². The molecule has 110 valence electrons. The van der Waals surface area contributed by atoms with E-state index in [1.165, 1.54) is 18.2 Å². The highest BCUT2D eigenvalue weighted by Gasteiger charge is 2.31. The van der Waals surface area contributed by atoms with Gasteiger partial charge in [0.05, 0.1) is 16.8 Å². The predicted molar refractivity (Wildman–Crippen MR) is 73.5 cm³/mol. The second-order valence-electron chi connectivity index (χ2n) is 4.13. The van der Waals surface area contributed by atoms with Crippen molar-refractivity contribution in [1.82, 2.24) is 0 Å². The third-order valence-electron chi connectivity index (χ3n) is 2.66. The zero-order valence-corrected chi connectivity index (χ0v) is 11.9. The zero-order chi connectivity index (χ0) is 15.6. The third-order valence-corrected chi connectivity index (χ3v) is 3.35. The number of anilines is 1. The molecule has 0 aliphatic carbocycles. The Labute approximate surface area is 125 Å². The molecule has 2 aromatic rings. The number of benzene rings is 2. The van der Waals surface area contributed by atoms with Crippen molar-refractivity contribution in [3.05, 3.63) is 63.9 Å². The maximum absolute atomic E-state index is 13.4. The van der Waals surface area contributed by atoms with Gasteiger partial charge in [-0.15, -0.1) is 0 Å². The monoisotopic (exact) mass is 361 g/mol. The fraction of sp³-hybridized carbons (Fsp3) is 0.0714. The Hall–Kier alpha value is -1.89. The van der Waals surface area contributed by atoms with E-state index in [1.54, 1.807) is 0 Å². The fourth-order valence-electron chi connectivity index (χ4n) is 1.63. The SMILES string of the molecule is O=C(Nc1ccccc1F)c1cc(C(F)(F)F)ccc1Br. The van der Waals surface area contributed by atoms with Crippen molar-refractivity contribution < 1.29 is 22.4 Å². The summed E-state index contributed by atoms with van der Waals surface area (Å²) in [7, 11) is 0. The van der Waals surface area contributed by atoms with Gasteiger partial charge in [0.15, 0.2) is 0 Å². The van der Waals surface area contributed by atoms with Crippen LogP contribution < -0.4 is 5.32 Å². The molecule has 2 nitrogen and oxygen atoms in total. The molecular weight excluding hydrogens is 354 g/mol. The topological polar surface area (TPSA) is 29.1 Å². The Bertz CT molecular complexity index is 685. The Morgan fingerprint density at radius 2 is 1.76 bits per heavy atom. The fourth-order valence-corrected chi connectivity index (χ4v) is 2.05. The zero-order valence-electron chi connectivity index (χ0n) is 10.3. The van der Waals surface area contributed by atoms with Crippen LogP contribution in [0.2, 0.25) is 0 Å². The molecular formula is C14H8BrF4NO.